The Hall–Kier alpha value is -8.14. The van der Waals surface area contributed by atoms with E-state index in [1.807, 2.05) is 12.1 Å². The number of hydrogen-bond acceptors (Lipinski definition) is 3. The Morgan fingerprint density at radius 1 is 0.279 bits per heavy atom. The largest absolute Gasteiger partial charge is 0.455 e. The Balaban J connectivity index is 1.00. The van der Waals surface area contributed by atoms with Gasteiger partial charge >= 0.3 is 0 Å². The number of anilines is 3. The third-order valence-electron chi connectivity index (χ3n) is 12.1. The second-order valence-electron chi connectivity index (χ2n) is 15.7. The van der Waals surface area contributed by atoms with Crippen LogP contribution in [0.3, 0.4) is 0 Å². The highest BCUT2D eigenvalue weighted by molar-refractivity contribution is 6.19. The molecule has 2 aromatic heterocycles. The first-order valence-corrected chi connectivity index (χ1v) is 20.7. The Morgan fingerprint density at radius 3 is 1.49 bits per heavy atom. The van der Waals surface area contributed by atoms with Gasteiger partial charge in [0, 0.05) is 49.7 Å². The third kappa shape index (κ3) is 5.98. The van der Waals surface area contributed by atoms with E-state index in [2.05, 4.69) is 217 Å². The minimum absolute atomic E-state index is 0.852. The summed E-state index contributed by atoms with van der Waals surface area (Å²) in [7, 11) is 0. The molecule has 0 amide bonds. The molecule has 0 saturated carbocycles. The molecule has 0 aliphatic rings. The van der Waals surface area contributed by atoms with Crippen molar-refractivity contribution in [2.75, 3.05) is 4.90 Å². The summed E-state index contributed by atoms with van der Waals surface area (Å²) in [5, 5.41) is 6.75. The van der Waals surface area contributed by atoms with Gasteiger partial charge in [-0.05, 0) is 98.8 Å². The number of rotatable bonds is 7. The van der Waals surface area contributed by atoms with Gasteiger partial charge in [-0.25, -0.2) is 0 Å². The second kappa shape index (κ2) is 14.3. The molecule has 12 aromatic rings. The molecule has 12 rings (SSSR count). The first-order valence-electron chi connectivity index (χ1n) is 20.7. The van der Waals surface area contributed by atoms with Crippen molar-refractivity contribution in [2.45, 2.75) is 0 Å². The maximum atomic E-state index is 6.87. The van der Waals surface area contributed by atoms with E-state index in [-0.39, 0.29) is 0 Å². The van der Waals surface area contributed by atoms with E-state index in [0.29, 0.717) is 0 Å². The number of benzene rings is 10. The zero-order valence-corrected chi connectivity index (χ0v) is 33.1. The molecule has 0 radical (unpaired) electrons. The van der Waals surface area contributed by atoms with E-state index in [1.165, 1.54) is 33.0 Å². The molecule has 0 bridgehead atoms. The van der Waals surface area contributed by atoms with Crippen LogP contribution in [0.5, 0.6) is 0 Å². The Morgan fingerprint density at radius 2 is 0.787 bits per heavy atom. The van der Waals surface area contributed by atoms with Crippen LogP contribution in [0.2, 0.25) is 0 Å². The predicted molar refractivity (Wildman–Crippen MR) is 255 cm³/mol. The van der Waals surface area contributed by atoms with Gasteiger partial charge in [-0.1, -0.05) is 170 Å². The predicted octanol–water partition coefficient (Wildman–Crippen LogP) is 16.8. The van der Waals surface area contributed by atoms with Crippen LogP contribution in [0.15, 0.2) is 233 Å². The number of para-hydroxylation sites is 2. The second-order valence-corrected chi connectivity index (χ2v) is 15.7. The lowest BCUT2D eigenvalue weighted by Gasteiger charge is -2.26. The van der Waals surface area contributed by atoms with Crippen molar-refractivity contribution in [3.8, 4) is 44.5 Å². The van der Waals surface area contributed by atoms with Crippen molar-refractivity contribution in [1.29, 1.82) is 0 Å². The first kappa shape index (κ1) is 34.9. The van der Waals surface area contributed by atoms with Gasteiger partial charge in [0.25, 0.3) is 0 Å². The summed E-state index contributed by atoms with van der Waals surface area (Å²) in [6.07, 6.45) is 0. The number of furan rings is 2. The molecule has 3 nitrogen and oxygen atoms in total. The average Bonchev–Trinajstić information content (AvgIpc) is 3.90. The lowest BCUT2D eigenvalue weighted by Crippen LogP contribution is -2.09. The zero-order chi connectivity index (χ0) is 40.3. The molecule has 0 N–H and O–H groups in total. The molecule has 0 spiro atoms. The Kier molecular flexibility index (Phi) is 8.17. The maximum Gasteiger partial charge on any atom is 0.143 e. The summed E-state index contributed by atoms with van der Waals surface area (Å²) in [6, 6.07) is 79.8. The minimum Gasteiger partial charge on any atom is -0.455 e. The quantitative estimate of drug-likeness (QED) is 0.161. The van der Waals surface area contributed by atoms with Crippen LogP contribution in [0.1, 0.15) is 0 Å². The minimum atomic E-state index is 0.852. The molecule has 10 aromatic carbocycles. The highest BCUT2D eigenvalue weighted by atomic mass is 16.3. The van der Waals surface area contributed by atoms with Crippen LogP contribution in [0.4, 0.5) is 17.1 Å². The molecule has 0 aliphatic heterocycles. The van der Waals surface area contributed by atoms with Crippen molar-refractivity contribution in [2.24, 2.45) is 0 Å². The van der Waals surface area contributed by atoms with Crippen LogP contribution in [0, 0.1) is 0 Å². The monoisotopic (exact) mass is 779 g/mol. The summed E-state index contributed by atoms with van der Waals surface area (Å²) < 4.78 is 13.3. The maximum absolute atomic E-state index is 6.87. The summed E-state index contributed by atoms with van der Waals surface area (Å²) in [5.74, 6) is 0. The molecular formula is C58H37NO2. The van der Waals surface area contributed by atoms with Crippen molar-refractivity contribution in [1.82, 2.24) is 0 Å². The third-order valence-corrected chi connectivity index (χ3v) is 12.1. The van der Waals surface area contributed by atoms with Crippen LogP contribution in [-0.2, 0) is 0 Å². The van der Waals surface area contributed by atoms with Gasteiger partial charge in [0.2, 0.25) is 0 Å². The standard InChI is InChI=1S/C58H37NO2/c1-3-12-38(13-4-1)40-22-24-43(25-23-40)56-48-17-8-7-16-44(48)36-53-52-37-47(34-35-55(52)61-58(53)56)59(45-30-26-41(27-31-45)39-14-5-2-6-15-39)46-32-28-42(29-33-46)49-19-11-20-51-50-18-9-10-21-54(50)60-57(49)51/h1-37H. The fourth-order valence-corrected chi connectivity index (χ4v) is 9.09. The lowest BCUT2D eigenvalue weighted by molar-refractivity contribution is 0.670. The normalized spacial score (nSPS) is 11.6. The fraction of sp³-hybridized carbons (Fsp3) is 0. The first-order chi connectivity index (χ1) is 30.2. The Bertz CT molecular complexity index is 3550. The van der Waals surface area contributed by atoms with Crippen molar-refractivity contribution >= 4 is 71.7 Å². The fourth-order valence-electron chi connectivity index (χ4n) is 9.09. The Labute approximate surface area is 353 Å². The zero-order valence-electron chi connectivity index (χ0n) is 33.1. The van der Waals surface area contributed by atoms with Crippen LogP contribution < -0.4 is 4.90 Å². The van der Waals surface area contributed by atoms with E-state index in [1.54, 1.807) is 0 Å². The molecule has 0 fully saturated rings. The van der Waals surface area contributed by atoms with Gasteiger partial charge in [0.1, 0.15) is 22.3 Å². The molecule has 0 unspecified atom stereocenters. The van der Waals surface area contributed by atoms with E-state index >= 15 is 0 Å². The van der Waals surface area contributed by atoms with E-state index in [4.69, 9.17) is 8.83 Å². The van der Waals surface area contributed by atoms with Crippen molar-refractivity contribution in [3.63, 3.8) is 0 Å². The van der Waals surface area contributed by atoms with Gasteiger partial charge in [0.05, 0.1) is 0 Å². The van der Waals surface area contributed by atoms with E-state index in [9.17, 15) is 0 Å². The van der Waals surface area contributed by atoms with Gasteiger partial charge in [-0.3, -0.25) is 0 Å². The van der Waals surface area contributed by atoms with Crippen molar-refractivity contribution in [3.05, 3.63) is 224 Å². The molecular weight excluding hydrogens is 743 g/mol. The average molecular weight is 780 g/mol. The van der Waals surface area contributed by atoms with Gasteiger partial charge in [-0.2, -0.15) is 0 Å². The highest BCUT2D eigenvalue weighted by Crippen LogP contribution is 2.45. The molecule has 0 atom stereocenters. The summed E-state index contributed by atoms with van der Waals surface area (Å²) in [6.45, 7) is 0. The number of hydrogen-bond donors (Lipinski definition) is 0. The molecule has 0 aliphatic carbocycles. The van der Waals surface area contributed by atoms with Gasteiger partial charge in [-0.15, -0.1) is 0 Å². The van der Waals surface area contributed by atoms with Crippen molar-refractivity contribution < 1.29 is 8.83 Å². The van der Waals surface area contributed by atoms with Gasteiger partial charge < -0.3 is 13.7 Å². The summed E-state index contributed by atoms with van der Waals surface area (Å²) >= 11 is 0. The lowest BCUT2D eigenvalue weighted by atomic mass is 9.94. The summed E-state index contributed by atoms with van der Waals surface area (Å²) in [5.41, 5.74) is 15.8. The molecule has 0 saturated heterocycles. The van der Waals surface area contributed by atoms with Gasteiger partial charge in [0.15, 0.2) is 0 Å². The SMILES string of the molecule is c1ccc(-c2ccc(-c3c4ccccc4cc4c3oc3ccc(N(c5ccc(-c6ccccc6)cc5)c5ccc(-c6cccc7c6oc6ccccc67)cc5)cc34)cc2)cc1. The number of nitrogens with zero attached hydrogens (tertiary/aromatic N) is 1. The van der Waals surface area contributed by atoms with Crippen LogP contribution >= 0.6 is 0 Å². The van der Waals surface area contributed by atoms with E-state index in [0.717, 1.165) is 83.2 Å². The highest BCUT2D eigenvalue weighted by Gasteiger charge is 2.20. The molecule has 3 heteroatoms. The number of fused-ring (bicyclic) bond motifs is 7. The topological polar surface area (TPSA) is 29.5 Å². The molecule has 286 valence electrons. The smallest absolute Gasteiger partial charge is 0.143 e. The van der Waals surface area contributed by atoms with E-state index < -0.39 is 0 Å². The van der Waals surface area contributed by atoms with Crippen LogP contribution in [-0.4, -0.2) is 0 Å². The summed E-state index contributed by atoms with van der Waals surface area (Å²) in [4.78, 5) is 2.34. The molecule has 61 heavy (non-hydrogen) atoms. The van der Waals surface area contributed by atoms with Crippen LogP contribution in [0.25, 0.3) is 99.2 Å². The molecule has 2 heterocycles.